The second-order valence-electron chi connectivity index (χ2n) is 8.23. The molecule has 1 heterocycles. The summed E-state index contributed by atoms with van der Waals surface area (Å²) in [5.74, 6) is -0.358. The molecule has 2 fully saturated rings. The summed E-state index contributed by atoms with van der Waals surface area (Å²) in [5, 5.41) is 6.13. The lowest BCUT2D eigenvalue weighted by molar-refractivity contribution is -0.119. The first-order chi connectivity index (χ1) is 13.4. The third-order valence-corrected chi connectivity index (χ3v) is 6.36. The van der Waals surface area contributed by atoms with Crippen LogP contribution in [0.1, 0.15) is 42.5 Å². The van der Waals surface area contributed by atoms with Crippen LogP contribution in [0.3, 0.4) is 0 Å². The van der Waals surface area contributed by atoms with Crippen LogP contribution < -0.4 is 10.6 Å². The van der Waals surface area contributed by atoms with Gasteiger partial charge in [-0.05, 0) is 48.1 Å². The Balaban J connectivity index is 1.43. The molecule has 0 saturated heterocycles. The molecule has 6 heteroatoms. The molecule has 1 atom stereocenters. The van der Waals surface area contributed by atoms with E-state index >= 15 is 0 Å². The summed E-state index contributed by atoms with van der Waals surface area (Å²) >= 11 is 0. The van der Waals surface area contributed by atoms with Crippen molar-refractivity contribution >= 4 is 11.9 Å². The van der Waals surface area contributed by atoms with Gasteiger partial charge in [-0.2, -0.15) is 0 Å². The Bertz CT molecular complexity index is 966. The van der Waals surface area contributed by atoms with Gasteiger partial charge in [-0.3, -0.25) is 4.79 Å². The zero-order chi connectivity index (χ0) is 19.5. The summed E-state index contributed by atoms with van der Waals surface area (Å²) in [6.07, 6.45) is 2.36. The molecule has 0 bridgehead atoms. The fourth-order valence-corrected chi connectivity index (χ4v) is 4.71. The number of urea groups is 1. The fourth-order valence-electron chi connectivity index (χ4n) is 4.71. The number of hydrogen-bond donors (Lipinski definition) is 2. The number of rotatable bonds is 3. The summed E-state index contributed by atoms with van der Waals surface area (Å²) in [6.45, 7) is 2.10. The van der Waals surface area contributed by atoms with Gasteiger partial charge in [0.15, 0.2) is 0 Å². The Morgan fingerprint density at radius 2 is 1.71 bits per heavy atom. The molecule has 2 saturated carbocycles. The first-order valence-electron chi connectivity index (χ1n) is 9.64. The molecular weight excluding hydrogens is 357 g/mol. The van der Waals surface area contributed by atoms with Gasteiger partial charge >= 0.3 is 6.03 Å². The Kier molecular flexibility index (Phi) is 3.57. The minimum atomic E-state index is -0.293. The molecule has 5 nitrogen and oxygen atoms in total. The van der Waals surface area contributed by atoms with Gasteiger partial charge in [0.05, 0.1) is 17.1 Å². The van der Waals surface area contributed by atoms with Crippen molar-refractivity contribution in [1.29, 1.82) is 0 Å². The number of hydrogen-bond acceptors (Lipinski definition) is 2. The molecule has 2 aromatic carbocycles. The second-order valence-corrected chi connectivity index (χ2v) is 8.23. The van der Waals surface area contributed by atoms with Gasteiger partial charge in [-0.15, -0.1) is 0 Å². The van der Waals surface area contributed by atoms with Gasteiger partial charge in [0.2, 0.25) is 5.91 Å². The maximum atomic E-state index is 13.5. The highest BCUT2D eigenvalue weighted by atomic mass is 19.1. The smallest absolute Gasteiger partial charge is 0.318 e. The summed E-state index contributed by atoms with van der Waals surface area (Å²) in [4.78, 5) is 26.4. The number of carbonyl (C=O) groups excluding carboxylic acids is 2. The summed E-state index contributed by atoms with van der Waals surface area (Å²) in [5.41, 5.74) is 2.64. The van der Waals surface area contributed by atoms with Gasteiger partial charge in [-0.1, -0.05) is 36.4 Å². The minimum Gasteiger partial charge on any atom is -0.348 e. The number of benzene rings is 2. The molecule has 2 aromatic rings. The van der Waals surface area contributed by atoms with E-state index < -0.39 is 0 Å². The molecule has 0 aromatic heterocycles. The van der Waals surface area contributed by atoms with E-state index in [9.17, 15) is 14.0 Å². The first kappa shape index (κ1) is 17.2. The topological polar surface area (TPSA) is 61.4 Å². The van der Waals surface area contributed by atoms with Gasteiger partial charge in [0.1, 0.15) is 5.82 Å². The van der Waals surface area contributed by atoms with E-state index in [1.54, 1.807) is 12.1 Å². The average Bonchev–Trinajstić information content (AvgIpc) is 3.46. The molecule has 5 rings (SSSR count). The minimum absolute atomic E-state index is 0.0651. The van der Waals surface area contributed by atoms with Gasteiger partial charge in [0.25, 0.3) is 0 Å². The highest BCUT2D eigenvalue weighted by molar-refractivity contribution is 5.82. The fraction of sp³-hybridized carbons (Fsp3) is 0.364. The molecule has 2 N–H and O–H groups in total. The number of amides is 3. The van der Waals surface area contributed by atoms with Crippen molar-refractivity contribution in [1.82, 2.24) is 15.5 Å². The number of carbonyl (C=O) groups is 2. The van der Waals surface area contributed by atoms with Crippen molar-refractivity contribution in [2.75, 3.05) is 6.54 Å². The van der Waals surface area contributed by atoms with Crippen molar-refractivity contribution in [3.8, 4) is 0 Å². The third kappa shape index (κ3) is 2.58. The molecule has 3 amide bonds. The lowest BCUT2D eigenvalue weighted by Crippen LogP contribution is -2.48. The van der Waals surface area contributed by atoms with Crippen LogP contribution in [-0.4, -0.2) is 34.5 Å². The Hall–Kier alpha value is -2.89. The van der Waals surface area contributed by atoms with Crippen molar-refractivity contribution in [3.05, 3.63) is 71.0 Å². The van der Waals surface area contributed by atoms with Gasteiger partial charge < -0.3 is 15.5 Å². The van der Waals surface area contributed by atoms with Crippen LogP contribution in [0.4, 0.5) is 9.18 Å². The van der Waals surface area contributed by atoms with Crippen molar-refractivity contribution < 1.29 is 14.0 Å². The van der Waals surface area contributed by atoms with E-state index in [1.807, 2.05) is 23.1 Å². The lowest BCUT2D eigenvalue weighted by Gasteiger charge is -2.38. The van der Waals surface area contributed by atoms with E-state index in [4.69, 9.17) is 0 Å². The molecule has 1 aliphatic heterocycles. The molecular formula is C22H22FN3O2. The molecule has 28 heavy (non-hydrogen) atoms. The highest BCUT2D eigenvalue weighted by Gasteiger charge is 2.85. The van der Waals surface area contributed by atoms with Crippen LogP contribution in [0.25, 0.3) is 0 Å². The van der Waals surface area contributed by atoms with E-state index in [0.29, 0.717) is 6.54 Å². The summed E-state index contributed by atoms with van der Waals surface area (Å²) in [7, 11) is 0. The Labute approximate surface area is 162 Å². The number of fused-ring (bicyclic) bond motifs is 2. The molecule has 2 aliphatic carbocycles. The normalized spacial score (nSPS) is 29.4. The second kappa shape index (κ2) is 5.80. The summed E-state index contributed by atoms with van der Waals surface area (Å²) < 4.78 is 13.5. The van der Waals surface area contributed by atoms with Gasteiger partial charge in [0, 0.05) is 13.5 Å². The zero-order valence-corrected chi connectivity index (χ0v) is 15.7. The molecule has 0 spiro atoms. The molecule has 0 unspecified atom stereocenters. The molecule has 144 valence electrons. The molecule has 3 aliphatic rings. The lowest BCUT2D eigenvalue weighted by atomic mass is 9.88. The first-order valence-corrected chi connectivity index (χ1v) is 9.64. The quantitative estimate of drug-likeness (QED) is 0.862. The Morgan fingerprint density at radius 1 is 1.04 bits per heavy atom. The van der Waals surface area contributed by atoms with E-state index in [1.165, 1.54) is 24.6 Å². The van der Waals surface area contributed by atoms with Crippen LogP contribution in [0.5, 0.6) is 0 Å². The highest BCUT2D eigenvalue weighted by Crippen LogP contribution is 2.70. The van der Waals surface area contributed by atoms with Crippen LogP contribution in [0.15, 0.2) is 48.5 Å². The third-order valence-electron chi connectivity index (χ3n) is 6.36. The van der Waals surface area contributed by atoms with E-state index in [-0.39, 0.29) is 34.9 Å². The van der Waals surface area contributed by atoms with Crippen molar-refractivity contribution in [2.24, 2.45) is 0 Å². The van der Waals surface area contributed by atoms with Crippen LogP contribution >= 0.6 is 0 Å². The van der Waals surface area contributed by atoms with Gasteiger partial charge in [-0.25, -0.2) is 9.18 Å². The monoisotopic (exact) mass is 379 g/mol. The number of nitrogens with one attached hydrogen (secondary N) is 2. The molecule has 0 radical (unpaired) electrons. The van der Waals surface area contributed by atoms with Crippen LogP contribution in [-0.2, 0) is 11.2 Å². The maximum absolute atomic E-state index is 13.5. The van der Waals surface area contributed by atoms with Crippen molar-refractivity contribution in [2.45, 2.75) is 43.3 Å². The number of nitrogens with zero attached hydrogens (tertiary/aromatic N) is 1. The van der Waals surface area contributed by atoms with Crippen molar-refractivity contribution in [3.63, 3.8) is 0 Å². The van der Waals surface area contributed by atoms with E-state index in [0.717, 1.165) is 30.4 Å². The zero-order valence-electron chi connectivity index (χ0n) is 15.7. The standard InChI is InChI=1S/C22H22FN3O2/c1-14(27)24-21-12-22(21,13-21)25-20(28)26-11-10-15-4-2-3-5-18(15)19(26)16-6-8-17(23)9-7-16/h2-9,19H,10-13H2,1H3,(H,24,27)(H,25,28)/t19-,21?,22?/m0/s1. The van der Waals surface area contributed by atoms with E-state index in [2.05, 4.69) is 16.7 Å². The average molecular weight is 379 g/mol. The van der Waals surface area contributed by atoms with Crippen LogP contribution in [0, 0.1) is 5.82 Å². The SMILES string of the molecule is CC(=O)NC12CC1(NC(=O)N1CCc3ccccc3[C@@H]1c1ccc(F)cc1)C2. The number of halogens is 1. The Morgan fingerprint density at radius 3 is 2.43 bits per heavy atom. The largest absolute Gasteiger partial charge is 0.348 e. The predicted molar refractivity (Wildman–Crippen MR) is 102 cm³/mol. The summed E-state index contributed by atoms with van der Waals surface area (Å²) in [6, 6.07) is 14.1. The maximum Gasteiger partial charge on any atom is 0.318 e. The van der Waals surface area contributed by atoms with Crippen LogP contribution in [0.2, 0.25) is 0 Å². The predicted octanol–water partition coefficient (Wildman–Crippen LogP) is 2.90.